The van der Waals surface area contributed by atoms with Gasteiger partial charge in [0.1, 0.15) is 0 Å². The number of carbonyl (C=O) groups is 2. The molecule has 0 radical (unpaired) electrons. The van der Waals surface area contributed by atoms with E-state index in [1.807, 2.05) is 6.92 Å². The van der Waals surface area contributed by atoms with Gasteiger partial charge in [-0.3, -0.25) is 14.3 Å². The summed E-state index contributed by atoms with van der Waals surface area (Å²) in [6.45, 7) is 7.70. The Morgan fingerprint density at radius 1 is 1.43 bits per heavy atom. The summed E-state index contributed by atoms with van der Waals surface area (Å²) in [5.41, 5.74) is 0.362. The van der Waals surface area contributed by atoms with Crippen molar-refractivity contribution in [3.63, 3.8) is 0 Å². The predicted molar refractivity (Wildman–Crippen MR) is 84.3 cm³/mol. The van der Waals surface area contributed by atoms with Gasteiger partial charge in [-0.25, -0.2) is 0 Å². The van der Waals surface area contributed by atoms with Crippen molar-refractivity contribution < 1.29 is 19.4 Å². The zero-order valence-corrected chi connectivity index (χ0v) is 14.0. The zero-order chi connectivity index (χ0) is 17.0. The van der Waals surface area contributed by atoms with E-state index in [0.29, 0.717) is 37.5 Å². The highest BCUT2D eigenvalue weighted by atomic mass is 16.5. The van der Waals surface area contributed by atoms with Crippen LogP contribution < -0.4 is 5.32 Å². The highest BCUT2D eigenvalue weighted by Gasteiger charge is 2.40. The minimum absolute atomic E-state index is 0.110. The monoisotopic (exact) mass is 323 g/mol. The molecular weight excluding hydrogens is 298 g/mol. The summed E-state index contributed by atoms with van der Waals surface area (Å²) < 4.78 is 7.04. The van der Waals surface area contributed by atoms with Crippen LogP contribution in [0, 0.1) is 18.3 Å². The smallest absolute Gasteiger partial charge is 0.311 e. The Kier molecular flexibility index (Phi) is 5.41. The number of carbonyl (C=O) groups excluding carboxylic acids is 1. The van der Waals surface area contributed by atoms with Crippen molar-refractivity contribution in [1.82, 2.24) is 15.1 Å². The number of hydrogen-bond acceptors (Lipinski definition) is 4. The maximum absolute atomic E-state index is 12.4. The zero-order valence-electron chi connectivity index (χ0n) is 14.0. The van der Waals surface area contributed by atoms with E-state index < -0.39 is 11.4 Å². The Bertz CT molecular complexity index is 574. The molecule has 1 aromatic rings. The first-order valence-corrected chi connectivity index (χ1v) is 7.97. The quantitative estimate of drug-likeness (QED) is 0.826. The van der Waals surface area contributed by atoms with Gasteiger partial charge in [0.2, 0.25) is 0 Å². The molecule has 1 aliphatic heterocycles. The van der Waals surface area contributed by atoms with E-state index in [0.717, 1.165) is 12.2 Å². The summed E-state index contributed by atoms with van der Waals surface area (Å²) in [5, 5.41) is 16.5. The Morgan fingerprint density at radius 3 is 2.65 bits per heavy atom. The van der Waals surface area contributed by atoms with Crippen LogP contribution in [0.5, 0.6) is 0 Å². The molecule has 0 aromatic carbocycles. The third-order valence-corrected chi connectivity index (χ3v) is 4.38. The third-order valence-electron chi connectivity index (χ3n) is 4.38. The molecule has 23 heavy (non-hydrogen) atoms. The van der Waals surface area contributed by atoms with E-state index in [9.17, 15) is 14.7 Å². The number of nitrogens with zero attached hydrogens (tertiary/aromatic N) is 2. The highest BCUT2D eigenvalue weighted by Crippen LogP contribution is 2.30. The minimum Gasteiger partial charge on any atom is -0.481 e. The summed E-state index contributed by atoms with van der Waals surface area (Å²) in [6.07, 6.45) is 2.37. The maximum atomic E-state index is 12.4. The number of amides is 1. The molecule has 0 aliphatic carbocycles. The molecule has 7 heteroatoms. The molecule has 1 fully saturated rings. The largest absolute Gasteiger partial charge is 0.481 e. The lowest BCUT2D eigenvalue weighted by atomic mass is 9.80. The Morgan fingerprint density at radius 2 is 2.09 bits per heavy atom. The second-order valence-corrected chi connectivity index (χ2v) is 6.60. The minimum atomic E-state index is -0.935. The lowest BCUT2D eigenvalue weighted by Crippen LogP contribution is -2.46. The number of rotatable bonds is 6. The lowest BCUT2D eigenvalue weighted by Gasteiger charge is -2.33. The average Bonchev–Trinajstić information content (AvgIpc) is 2.86. The van der Waals surface area contributed by atoms with Gasteiger partial charge in [0.15, 0.2) is 0 Å². The van der Waals surface area contributed by atoms with E-state index in [1.54, 1.807) is 10.9 Å². The van der Waals surface area contributed by atoms with Crippen LogP contribution in [0.1, 0.15) is 42.7 Å². The van der Waals surface area contributed by atoms with Gasteiger partial charge < -0.3 is 15.2 Å². The molecule has 0 unspecified atom stereocenters. The van der Waals surface area contributed by atoms with E-state index in [1.165, 1.54) is 0 Å². The van der Waals surface area contributed by atoms with Crippen molar-refractivity contribution in [1.29, 1.82) is 0 Å². The van der Waals surface area contributed by atoms with Crippen LogP contribution in [0.15, 0.2) is 6.20 Å². The van der Waals surface area contributed by atoms with Gasteiger partial charge >= 0.3 is 5.97 Å². The topological polar surface area (TPSA) is 93.5 Å². The lowest BCUT2D eigenvalue weighted by molar-refractivity contribution is -0.154. The van der Waals surface area contributed by atoms with Gasteiger partial charge in [0.25, 0.3) is 5.91 Å². The van der Waals surface area contributed by atoms with Crippen molar-refractivity contribution in [3.05, 3.63) is 17.5 Å². The number of carboxylic acids is 1. The molecule has 1 aliphatic rings. The molecular formula is C16H25N3O4. The van der Waals surface area contributed by atoms with Crippen LogP contribution >= 0.6 is 0 Å². The predicted octanol–water partition coefficient (Wildman–Crippen LogP) is 1.46. The summed E-state index contributed by atoms with van der Waals surface area (Å²) in [5.74, 6) is -0.722. The fourth-order valence-electron chi connectivity index (χ4n) is 2.77. The number of aliphatic carboxylic acids is 1. The molecule has 2 heterocycles. The fourth-order valence-corrected chi connectivity index (χ4v) is 2.77. The first-order chi connectivity index (χ1) is 10.9. The molecule has 0 spiro atoms. The van der Waals surface area contributed by atoms with E-state index in [-0.39, 0.29) is 12.5 Å². The molecule has 128 valence electrons. The maximum Gasteiger partial charge on any atom is 0.311 e. The average molecular weight is 323 g/mol. The Balaban J connectivity index is 2.04. The summed E-state index contributed by atoms with van der Waals surface area (Å²) in [4.78, 5) is 24.0. The van der Waals surface area contributed by atoms with Crippen LogP contribution in [0.3, 0.4) is 0 Å². The SMILES string of the molecule is Cc1c(C(=O)NCC2(C(=O)O)CCOCC2)cnn1CC(C)C. The van der Waals surface area contributed by atoms with Gasteiger partial charge in [-0.05, 0) is 25.7 Å². The number of nitrogens with one attached hydrogen (secondary N) is 1. The first kappa shape index (κ1) is 17.5. The van der Waals surface area contributed by atoms with E-state index in [4.69, 9.17) is 4.74 Å². The Labute approximate surface area is 136 Å². The molecule has 1 amide bonds. The second-order valence-electron chi connectivity index (χ2n) is 6.60. The van der Waals surface area contributed by atoms with Gasteiger partial charge in [0.05, 0.1) is 17.2 Å². The third kappa shape index (κ3) is 3.90. The molecule has 0 bridgehead atoms. The normalized spacial score (nSPS) is 17.2. The molecule has 2 rings (SSSR count). The number of carboxylic acid groups (broad SMARTS) is 1. The summed E-state index contributed by atoms with van der Waals surface area (Å²) >= 11 is 0. The number of ether oxygens (including phenoxy) is 1. The van der Waals surface area contributed by atoms with Crippen molar-refractivity contribution >= 4 is 11.9 Å². The van der Waals surface area contributed by atoms with Crippen LogP contribution in [0.2, 0.25) is 0 Å². The van der Waals surface area contributed by atoms with Gasteiger partial charge in [-0.1, -0.05) is 13.8 Å². The molecule has 2 N–H and O–H groups in total. The van der Waals surface area contributed by atoms with Gasteiger partial charge in [-0.2, -0.15) is 5.10 Å². The van der Waals surface area contributed by atoms with Crippen LogP contribution in [0.4, 0.5) is 0 Å². The van der Waals surface area contributed by atoms with Gasteiger partial charge in [0, 0.05) is 32.0 Å². The van der Waals surface area contributed by atoms with Crippen molar-refractivity contribution in [2.24, 2.45) is 11.3 Å². The second kappa shape index (κ2) is 7.12. The summed E-state index contributed by atoms with van der Waals surface area (Å²) in [6, 6.07) is 0. The number of hydrogen-bond donors (Lipinski definition) is 2. The van der Waals surface area contributed by atoms with Crippen LogP contribution in [-0.2, 0) is 16.1 Å². The molecule has 7 nitrogen and oxygen atoms in total. The standard InChI is InChI=1S/C16H25N3O4/c1-11(2)9-19-12(3)13(8-18-19)14(20)17-10-16(15(21)22)4-6-23-7-5-16/h8,11H,4-7,9-10H2,1-3H3,(H,17,20)(H,21,22). The first-order valence-electron chi connectivity index (χ1n) is 7.97. The molecule has 1 saturated heterocycles. The van der Waals surface area contributed by atoms with Crippen LogP contribution in [0.25, 0.3) is 0 Å². The molecule has 1 aromatic heterocycles. The fraction of sp³-hybridized carbons (Fsp3) is 0.688. The molecule has 0 atom stereocenters. The molecule has 0 saturated carbocycles. The number of aromatic nitrogens is 2. The van der Waals surface area contributed by atoms with Crippen molar-refractivity contribution in [2.75, 3.05) is 19.8 Å². The highest BCUT2D eigenvalue weighted by molar-refractivity contribution is 5.95. The van der Waals surface area contributed by atoms with E-state index >= 15 is 0 Å². The summed E-state index contributed by atoms with van der Waals surface area (Å²) in [7, 11) is 0. The Hall–Kier alpha value is -1.89. The van der Waals surface area contributed by atoms with Gasteiger partial charge in [-0.15, -0.1) is 0 Å². The van der Waals surface area contributed by atoms with Crippen molar-refractivity contribution in [2.45, 2.75) is 40.2 Å². The van der Waals surface area contributed by atoms with Crippen molar-refractivity contribution in [3.8, 4) is 0 Å². The van der Waals surface area contributed by atoms with E-state index in [2.05, 4.69) is 24.3 Å². The van der Waals surface area contributed by atoms with Crippen LogP contribution in [-0.4, -0.2) is 46.5 Å².